The van der Waals surface area contributed by atoms with Crippen molar-refractivity contribution in [1.29, 1.82) is 0 Å². The third-order valence-electron chi connectivity index (χ3n) is 5.86. The van der Waals surface area contributed by atoms with Crippen LogP contribution in [-0.4, -0.2) is 14.1 Å². The Hall–Kier alpha value is -3.72. The van der Waals surface area contributed by atoms with Gasteiger partial charge in [-0.3, -0.25) is 0 Å². The molecule has 0 fully saturated rings. The minimum atomic E-state index is 0.799. The van der Waals surface area contributed by atoms with E-state index in [0.29, 0.717) is 0 Å². The molecule has 148 valence electrons. The van der Waals surface area contributed by atoms with Gasteiger partial charge in [0.2, 0.25) is 0 Å². The normalized spacial score (nSPS) is 12.9. The van der Waals surface area contributed by atoms with Gasteiger partial charge in [0, 0.05) is 20.6 Å². The Kier molecular flexibility index (Phi) is 4.64. The molecule has 0 saturated carbocycles. The molecule has 0 N–H and O–H groups in total. The minimum absolute atomic E-state index is 0.799. The first-order valence-corrected chi connectivity index (χ1v) is 10.3. The van der Waals surface area contributed by atoms with E-state index in [-0.39, 0.29) is 0 Å². The van der Waals surface area contributed by atoms with E-state index in [1.165, 1.54) is 39.7 Å². The van der Waals surface area contributed by atoms with Gasteiger partial charge in [-0.05, 0) is 42.0 Å². The van der Waals surface area contributed by atoms with Crippen molar-refractivity contribution in [3.63, 3.8) is 0 Å². The predicted molar refractivity (Wildman–Crippen MR) is 128 cm³/mol. The number of hydrogen-bond donors (Lipinski definition) is 0. The lowest BCUT2D eigenvalue weighted by molar-refractivity contribution is 0.969. The Morgan fingerprint density at radius 1 is 0.433 bits per heavy atom. The highest BCUT2D eigenvalue weighted by Crippen LogP contribution is 2.47. The van der Waals surface area contributed by atoms with Gasteiger partial charge in [0.25, 0.3) is 0 Å². The third-order valence-corrected chi connectivity index (χ3v) is 5.86. The molecule has 0 radical (unpaired) electrons. The maximum absolute atomic E-state index is 2.43. The van der Waals surface area contributed by atoms with Crippen molar-refractivity contribution in [2.45, 2.75) is 6.54 Å². The van der Waals surface area contributed by atoms with Crippen LogP contribution in [0.2, 0.25) is 0 Å². The number of anilines is 6. The van der Waals surface area contributed by atoms with Gasteiger partial charge in [-0.15, -0.1) is 0 Å². The molecule has 0 aromatic heterocycles. The molecule has 3 nitrogen and oxygen atoms in total. The molecular weight excluding hydrogens is 366 g/mol. The van der Waals surface area contributed by atoms with Gasteiger partial charge in [0.1, 0.15) is 0 Å². The zero-order valence-electron chi connectivity index (χ0n) is 17.4. The van der Waals surface area contributed by atoms with Gasteiger partial charge >= 0.3 is 0 Å². The summed E-state index contributed by atoms with van der Waals surface area (Å²) < 4.78 is 0. The van der Waals surface area contributed by atoms with Crippen LogP contribution in [0, 0.1) is 0 Å². The Labute approximate surface area is 178 Å². The van der Waals surface area contributed by atoms with Gasteiger partial charge in [-0.25, -0.2) is 0 Å². The van der Waals surface area contributed by atoms with Crippen molar-refractivity contribution >= 4 is 34.1 Å². The standard InChI is InChI=1S/C27H25N3/c1-28-22-14-6-7-15-23(22)29(2)25-17-9-11-19-27(25)30(20-21-12-4-3-5-13-21)26-18-10-8-16-24(26)28/h3-19H,20H2,1-2H3. The molecule has 5 rings (SSSR count). The summed E-state index contributed by atoms with van der Waals surface area (Å²) in [5.41, 5.74) is 8.41. The Morgan fingerprint density at radius 2 is 0.767 bits per heavy atom. The highest BCUT2D eigenvalue weighted by molar-refractivity contribution is 5.93. The summed E-state index contributed by atoms with van der Waals surface area (Å²) in [7, 11) is 4.31. The van der Waals surface area contributed by atoms with E-state index in [4.69, 9.17) is 0 Å². The van der Waals surface area contributed by atoms with Crippen molar-refractivity contribution in [2.24, 2.45) is 0 Å². The van der Waals surface area contributed by atoms with Crippen molar-refractivity contribution < 1.29 is 0 Å². The quantitative estimate of drug-likeness (QED) is 0.369. The number of fused-ring (bicyclic) bond motifs is 3. The van der Waals surface area contributed by atoms with Crippen LogP contribution in [0.5, 0.6) is 0 Å². The third kappa shape index (κ3) is 3.09. The van der Waals surface area contributed by atoms with E-state index in [1.54, 1.807) is 0 Å². The molecule has 3 heteroatoms. The molecule has 0 bridgehead atoms. The second kappa shape index (κ2) is 7.60. The van der Waals surface area contributed by atoms with E-state index >= 15 is 0 Å². The zero-order valence-corrected chi connectivity index (χ0v) is 17.4. The van der Waals surface area contributed by atoms with Gasteiger partial charge in [0.15, 0.2) is 0 Å². The molecule has 0 atom stereocenters. The van der Waals surface area contributed by atoms with E-state index in [0.717, 1.165) is 6.54 Å². The number of nitrogens with zero attached hydrogens (tertiary/aromatic N) is 3. The van der Waals surface area contributed by atoms with Crippen molar-refractivity contribution in [2.75, 3.05) is 28.8 Å². The highest BCUT2D eigenvalue weighted by atomic mass is 15.3. The molecule has 0 aliphatic carbocycles. The lowest BCUT2D eigenvalue weighted by atomic mass is 10.1. The summed E-state index contributed by atoms with van der Waals surface area (Å²) in [4.78, 5) is 7.02. The smallest absolute Gasteiger partial charge is 0.0655 e. The number of hydrogen-bond acceptors (Lipinski definition) is 3. The fourth-order valence-electron chi connectivity index (χ4n) is 4.31. The van der Waals surface area contributed by atoms with Crippen molar-refractivity contribution in [1.82, 2.24) is 0 Å². The maximum Gasteiger partial charge on any atom is 0.0655 e. The summed E-state index contributed by atoms with van der Waals surface area (Å²) in [6, 6.07) is 36.6. The molecule has 0 spiro atoms. The number of para-hydroxylation sites is 6. The lowest BCUT2D eigenvalue weighted by Crippen LogP contribution is -2.20. The second-order valence-corrected chi connectivity index (χ2v) is 7.66. The summed E-state index contributed by atoms with van der Waals surface area (Å²) in [6.45, 7) is 0.799. The molecule has 4 aromatic carbocycles. The van der Waals surface area contributed by atoms with Crippen LogP contribution in [0.3, 0.4) is 0 Å². The van der Waals surface area contributed by atoms with Crippen LogP contribution in [0.15, 0.2) is 103 Å². The average Bonchev–Trinajstić information content (AvgIpc) is 2.84. The summed E-state index contributed by atoms with van der Waals surface area (Å²) in [5, 5.41) is 0. The lowest BCUT2D eigenvalue weighted by Gasteiger charge is -2.31. The molecule has 1 aliphatic rings. The first-order chi connectivity index (χ1) is 14.7. The fraction of sp³-hybridized carbons (Fsp3) is 0.111. The van der Waals surface area contributed by atoms with E-state index < -0.39 is 0 Å². The molecule has 4 aromatic rings. The largest absolute Gasteiger partial charge is 0.341 e. The molecule has 1 heterocycles. The van der Waals surface area contributed by atoms with Crippen LogP contribution in [-0.2, 0) is 6.54 Å². The van der Waals surface area contributed by atoms with E-state index in [2.05, 4.69) is 132 Å². The summed E-state index contributed by atoms with van der Waals surface area (Å²) in [5.74, 6) is 0. The van der Waals surface area contributed by atoms with Crippen LogP contribution in [0.4, 0.5) is 34.1 Å². The Balaban J connectivity index is 1.79. The molecular formula is C27H25N3. The Morgan fingerprint density at radius 3 is 1.20 bits per heavy atom. The van der Waals surface area contributed by atoms with E-state index in [9.17, 15) is 0 Å². The second-order valence-electron chi connectivity index (χ2n) is 7.66. The molecule has 0 amide bonds. The SMILES string of the molecule is CN1c2ccccc2N(C)c2ccccc2N(Cc2ccccc2)c2ccccc21. The molecule has 0 unspecified atom stereocenters. The van der Waals surface area contributed by atoms with Crippen LogP contribution >= 0.6 is 0 Å². The van der Waals surface area contributed by atoms with Gasteiger partial charge in [-0.1, -0.05) is 66.7 Å². The molecule has 30 heavy (non-hydrogen) atoms. The van der Waals surface area contributed by atoms with Crippen molar-refractivity contribution in [3.05, 3.63) is 109 Å². The topological polar surface area (TPSA) is 9.72 Å². The van der Waals surface area contributed by atoms with Crippen molar-refractivity contribution in [3.8, 4) is 0 Å². The Bertz CT molecular complexity index is 1100. The zero-order chi connectivity index (χ0) is 20.5. The predicted octanol–water partition coefficient (Wildman–Crippen LogP) is 6.87. The van der Waals surface area contributed by atoms with Gasteiger partial charge in [-0.2, -0.15) is 0 Å². The monoisotopic (exact) mass is 391 g/mol. The van der Waals surface area contributed by atoms with Crippen LogP contribution < -0.4 is 14.7 Å². The minimum Gasteiger partial charge on any atom is -0.341 e. The first-order valence-electron chi connectivity index (χ1n) is 10.3. The number of rotatable bonds is 2. The molecule has 1 aliphatic heterocycles. The van der Waals surface area contributed by atoms with E-state index in [1.807, 2.05) is 0 Å². The number of benzene rings is 4. The van der Waals surface area contributed by atoms with Crippen LogP contribution in [0.25, 0.3) is 0 Å². The molecule has 0 saturated heterocycles. The summed E-state index contributed by atoms with van der Waals surface area (Å²) in [6.07, 6.45) is 0. The highest BCUT2D eigenvalue weighted by Gasteiger charge is 2.25. The average molecular weight is 392 g/mol. The van der Waals surface area contributed by atoms with Gasteiger partial charge < -0.3 is 14.7 Å². The fourth-order valence-corrected chi connectivity index (χ4v) is 4.31. The summed E-state index contributed by atoms with van der Waals surface area (Å²) >= 11 is 0. The first kappa shape index (κ1) is 18.3. The van der Waals surface area contributed by atoms with Crippen LogP contribution in [0.1, 0.15) is 5.56 Å². The van der Waals surface area contributed by atoms with Gasteiger partial charge in [0.05, 0.1) is 34.1 Å². The maximum atomic E-state index is 2.43.